The molecule has 2 aliphatic rings. The van der Waals surface area contributed by atoms with Gasteiger partial charge in [0.1, 0.15) is 0 Å². The van der Waals surface area contributed by atoms with Gasteiger partial charge in [-0.25, -0.2) is 0 Å². The lowest BCUT2D eigenvalue weighted by Crippen LogP contribution is -2.44. The van der Waals surface area contributed by atoms with Crippen molar-refractivity contribution in [2.24, 2.45) is 5.92 Å². The highest BCUT2D eigenvalue weighted by Crippen LogP contribution is 2.25. The number of rotatable bonds is 5. The van der Waals surface area contributed by atoms with Crippen LogP contribution >= 0.6 is 0 Å². The number of aliphatic hydroxyl groups excluding tert-OH is 1. The predicted octanol–water partition coefficient (Wildman–Crippen LogP) is 2.33. The van der Waals surface area contributed by atoms with Gasteiger partial charge in [-0.15, -0.1) is 0 Å². The summed E-state index contributed by atoms with van der Waals surface area (Å²) < 4.78 is 0. The Morgan fingerprint density at radius 1 is 1.35 bits per heavy atom. The number of hydrogen-bond donors (Lipinski definition) is 2. The molecular weight excluding hydrogens is 288 g/mol. The maximum absolute atomic E-state index is 12.2. The molecule has 1 heterocycles. The van der Waals surface area contributed by atoms with Crippen LogP contribution < -0.4 is 5.32 Å². The summed E-state index contributed by atoms with van der Waals surface area (Å²) in [5.74, 6) is 0.286. The average Bonchev–Trinajstić information content (AvgIpc) is 3.34. The largest absolute Gasteiger partial charge is 0.387 e. The molecule has 2 unspecified atom stereocenters. The lowest BCUT2D eigenvalue weighted by molar-refractivity contribution is -0.127. The van der Waals surface area contributed by atoms with Crippen molar-refractivity contribution in [3.8, 4) is 0 Å². The number of amides is 1. The van der Waals surface area contributed by atoms with E-state index in [1.54, 1.807) is 0 Å². The molecule has 126 valence electrons. The number of piperidine rings is 1. The van der Waals surface area contributed by atoms with Crippen molar-refractivity contribution >= 4 is 5.91 Å². The molecule has 1 amide bonds. The average molecular weight is 316 g/mol. The number of nitrogens with zero attached hydrogens (tertiary/aromatic N) is 1. The van der Waals surface area contributed by atoms with Crippen LogP contribution in [0.15, 0.2) is 18.2 Å². The van der Waals surface area contributed by atoms with Crippen LogP contribution in [-0.4, -0.2) is 41.6 Å². The summed E-state index contributed by atoms with van der Waals surface area (Å²) in [6.07, 6.45) is 3.78. The summed E-state index contributed by atoms with van der Waals surface area (Å²) in [4.78, 5) is 14.5. The third-order valence-electron chi connectivity index (χ3n) is 5.02. The van der Waals surface area contributed by atoms with Gasteiger partial charge in [0.15, 0.2) is 0 Å². The number of benzene rings is 1. The molecule has 2 N–H and O–H groups in total. The van der Waals surface area contributed by atoms with Gasteiger partial charge in [0.25, 0.3) is 0 Å². The number of likely N-dealkylation sites (tertiary alicyclic amines) is 1. The smallest absolute Gasteiger partial charge is 0.224 e. The van der Waals surface area contributed by atoms with E-state index in [2.05, 4.69) is 35.3 Å². The molecule has 1 aromatic rings. The minimum atomic E-state index is -0.486. The Morgan fingerprint density at radius 3 is 2.87 bits per heavy atom. The van der Waals surface area contributed by atoms with E-state index in [4.69, 9.17) is 0 Å². The predicted molar refractivity (Wildman–Crippen MR) is 91.2 cm³/mol. The number of carbonyl (C=O) groups is 1. The lowest BCUT2D eigenvalue weighted by Gasteiger charge is -2.33. The van der Waals surface area contributed by atoms with Gasteiger partial charge in [-0.05, 0) is 57.2 Å². The van der Waals surface area contributed by atoms with Gasteiger partial charge in [0, 0.05) is 19.1 Å². The Hall–Kier alpha value is -1.39. The number of β-amino-alcohol motifs (C(OH)–C–C–N with tert-alkyl or cyclic N) is 1. The molecule has 2 atom stereocenters. The first-order chi connectivity index (χ1) is 11.0. The molecule has 2 fully saturated rings. The van der Waals surface area contributed by atoms with E-state index in [1.165, 1.54) is 5.56 Å². The van der Waals surface area contributed by atoms with Gasteiger partial charge in [-0.1, -0.05) is 23.8 Å². The number of hydrogen-bond acceptors (Lipinski definition) is 3. The fraction of sp³-hybridized carbons (Fsp3) is 0.632. The van der Waals surface area contributed by atoms with Gasteiger partial charge in [0.05, 0.1) is 12.0 Å². The summed E-state index contributed by atoms with van der Waals surface area (Å²) in [6, 6.07) is 6.64. The van der Waals surface area contributed by atoms with Crippen LogP contribution in [0.4, 0.5) is 0 Å². The quantitative estimate of drug-likeness (QED) is 0.876. The van der Waals surface area contributed by atoms with Crippen molar-refractivity contribution in [1.29, 1.82) is 0 Å². The third kappa shape index (κ3) is 4.33. The van der Waals surface area contributed by atoms with E-state index < -0.39 is 6.10 Å². The van der Waals surface area contributed by atoms with E-state index in [0.29, 0.717) is 12.6 Å². The topological polar surface area (TPSA) is 52.6 Å². The molecule has 0 aromatic heterocycles. The Kier molecular flexibility index (Phi) is 5.02. The molecule has 4 nitrogen and oxygen atoms in total. The summed E-state index contributed by atoms with van der Waals surface area (Å²) in [6.45, 7) is 6.43. The number of aryl methyl sites for hydroxylation is 2. The highest BCUT2D eigenvalue weighted by Gasteiger charge is 2.31. The molecular formula is C19H28N2O2. The first-order valence-electron chi connectivity index (χ1n) is 8.81. The summed E-state index contributed by atoms with van der Waals surface area (Å²) in [7, 11) is 0. The Labute approximate surface area is 138 Å². The number of aliphatic hydroxyl groups is 1. The highest BCUT2D eigenvalue weighted by molar-refractivity contribution is 5.79. The molecule has 0 bridgehead atoms. The van der Waals surface area contributed by atoms with Gasteiger partial charge in [-0.3, -0.25) is 9.69 Å². The first kappa shape index (κ1) is 16.5. The van der Waals surface area contributed by atoms with Gasteiger partial charge in [-0.2, -0.15) is 0 Å². The molecule has 0 radical (unpaired) electrons. The van der Waals surface area contributed by atoms with E-state index in [-0.39, 0.29) is 11.8 Å². The zero-order valence-electron chi connectivity index (χ0n) is 14.2. The number of carbonyl (C=O) groups excluding carboxylic acids is 1. The van der Waals surface area contributed by atoms with Gasteiger partial charge < -0.3 is 10.4 Å². The normalized spacial score (nSPS) is 23.5. The van der Waals surface area contributed by atoms with Crippen LogP contribution in [0.2, 0.25) is 0 Å². The Balaban J connectivity index is 1.58. The second kappa shape index (κ2) is 7.02. The summed E-state index contributed by atoms with van der Waals surface area (Å²) >= 11 is 0. The fourth-order valence-electron chi connectivity index (χ4n) is 3.44. The zero-order chi connectivity index (χ0) is 16.4. The Morgan fingerprint density at radius 2 is 2.13 bits per heavy atom. The molecule has 1 saturated carbocycles. The van der Waals surface area contributed by atoms with E-state index in [0.717, 1.165) is 49.9 Å². The third-order valence-corrected chi connectivity index (χ3v) is 5.02. The van der Waals surface area contributed by atoms with Crippen LogP contribution in [0.5, 0.6) is 0 Å². The van der Waals surface area contributed by atoms with Crippen molar-refractivity contribution < 1.29 is 9.90 Å². The van der Waals surface area contributed by atoms with Crippen molar-refractivity contribution in [2.75, 3.05) is 19.6 Å². The molecule has 0 spiro atoms. The zero-order valence-corrected chi connectivity index (χ0v) is 14.2. The minimum absolute atomic E-state index is 0.0788. The first-order valence-corrected chi connectivity index (χ1v) is 8.81. The second-order valence-corrected chi connectivity index (χ2v) is 7.26. The van der Waals surface area contributed by atoms with Gasteiger partial charge in [0.2, 0.25) is 5.91 Å². The molecule has 3 rings (SSSR count). The molecule has 1 saturated heterocycles. The second-order valence-electron chi connectivity index (χ2n) is 7.26. The van der Waals surface area contributed by atoms with Crippen LogP contribution in [0, 0.1) is 19.8 Å². The van der Waals surface area contributed by atoms with Crippen LogP contribution in [0.25, 0.3) is 0 Å². The summed E-state index contributed by atoms with van der Waals surface area (Å²) in [5, 5.41) is 13.7. The monoisotopic (exact) mass is 316 g/mol. The molecule has 1 aliphatic carbocycles. The maximum Gasteiger partial charge on any atom is 0.224 e. The number of nitrogens with one attached hydrogen (secondary N) is 1. The van der Waals surface area contributed by atoms with Crippen molar-refractivity contribution in [3.05, 3.63) is 34.9 Å². The SMILES string of the molecule is Cc1ccc(C)c(C(O)CN2CCCC(C(=O)NC3CC3)C2)c1. The summed E-state index contributed by atoms with van der Waals surface area (Å²) in [5.41, 5.74) is 3.31. The maximum atomic E-state index is 12.2. The van der Waals surface area contributed by atoms with E-state index >= 15 is 0 Å². The van der Waals surface area contributed by atoms with Crippen LogP contribution in [0.3, 0.4) is 0 Å². The standard InChI is InChI=1S/C19H28N2O2/c1-13-5-6-14(2)17(10-13)18(22)12-21-9-3-4-15(11-21)19(23)20-16-7-8-16/h5-6,10,15-16,18,22H,3-4,7-9,11-12H2,1-2H3,(H,20,23). The molecule has 4 heteroatoms. The molecule has 1 aromatic carbocycles. The van der Waals surface area contributed by atoms with E-state index in [9.17, 15) is 9.90 Å². The lowest BCUT2D eigenvalue weighted by atomic mass is 9.95. The van der Waals surface area contributed by atoms with Crippen LogP contribution in [0.1, 0.15) is 48.5 Å². The van der Waals surface area contributed by atoms with Gasteiger partial charge >= 0.3 is 0 Å². The Bertz CT molecular complexity index is 568. The minimum Gasteiger partial charge on any atom is -0.387 e. The fourth-order valence-corrected chi connectivity index (χ4v) is 3.44. The highest BCUT2D eigenvalue weighted by atomic mass is 16.3. The van der Waals surface area contributed by atoms with Crippen molar-refractivity contribution in [2.45, 2.75) is 51.7 Å². The molecule has 23 heavy (non-hydrogen) atoms. The van der Waals surface area contributed by atoms with Crippen molar-refractivity contribution in [3.63, 3.8) is 0 Å². The van der Waals surface area contributed by atoms with Crippen molar-refractivity contribution in [1.82, 2.24) is 10.2 Å². The molecule has 1 aliphatic heterocycles. The van der Waals surface area contributed by atoms with E-state index in [1.807, 2.05) is 6.92 Å². The van der Waals surface area contributed by atoms with Crippen LogP contribution in [-0.2, 0) is 4.79 Å².